The summed E-state index contributed by atoms with van der Waals surface area (Å²) in [5.74, 6) is -1.32. The molecule has 1 atom stereocenters. The van der Waals surface area contributed by atoms with Crippen LogP contribution in [0.15, 0.2) is 66.7 Å². The summed E-state index contributed by atoms with van der Waals surface area (Å²) < 4.78 is 5.21. The Morgan fingerprint density at radius 1 is 1.00 bits per heavy atom. The molecule has 0 aromatic heterocycles. The Morgan fingerprint density at radius 2 is 1.62 bits per heavy atom. The first-order valence-corrected chi connectivity index (χ1v) is 8.29. The first kappa shape index (κ1) is 17.5. The Hall–Kier alpha value is -3.34. The van der Waals surface area contributed by atoms with Crippen LogP contribution in [0, 0.1) is 0 Å². The van der Waals surface area contributed by atoms with Crippen molar-refractivity contribution in [2.75, 3.05) is 0 Å². The van der Waals surface area contributed by atoms with Gasteiger partial charge in [-0.05, 0) is 35.4 Å². The van der Waals surface area contributed by atoms with E-state index in [0.29, 0.717) is 6.54 Å². The Morgan fingerprint density at radius 3 is 2.31 bits per heavy atom. The number of rotatable bonds is 5. The summed E-state index contributed by atoms with van der Waals surface area (Å²) in [6.07, 6.45) is -0.975. The fourth-order valence-corrected chi connectivity index (χ4v) is 2.60. The number of amides is 1. The average Bonchev–Trinajstić information content (AvgIpc) is 2.66. The molecule has 0 saturated heterocycles. The van der Waals surface area contributed by atoms with Gasteiger partial charge in [0.1, 0.15) is 11.3 Å². The molecule has 0 spiro atoms. The van der Waals surface area contributed by atoms with Crippen LogP contribution in [-0.4, -0.2) is 23.1 Å². The highest BCUT2D eigenvalue weighted by Gasteiger charge is 2.21. The van der Waals surface area contributed by atoms with Gasteiger partial charge in [-0.3, -0.25) is 4.79 Å². The smallest absolute Gasteiger partial charge is 0.342 e. The molecule has 0 aliphatic heterocycles. The van der Waals surface area contributed by atoms with Gasteiger partial charge in [-0.15, -0.1) is 0 Å². The van der Waals surface area contributed by atoms with Gasteiger partial charge >= 0.3 is 5.97 Å². The van der Waals surface area contributed by atoms with E-state index in [4.69, 9.17) is 4.74 Å². The minimum atomic E-state index is -0.975. The van der Waals surface area contributed by atoms with Crippen LogP contribution < -0.4 is 5.32 Å². The second-order valence-corrected chi connectivity index (χ2v) is 5.97. The van der Waals surface area contributed by atoms with Gasteiger partial charge in [-0.1, -0.05) is 54.6 Å². The van der Waals surface area contributed by atoms with E-state index >= 15 is 0 Å². The van der Waals surface area contributed by atoms with E-state index in [2.05, 4.69) is 5.32 Å². The van der Waals surface area contributed by atoms with E-state index in [9.17, 15) is 14.7 Å². The third kappa shape index (κ3) is 4.00. The number of carbonyl (C=O) groups is 2. The van der Waals surface area contributed by atoms with Gasteiger partial charge in [0.2, 0.25) is 0 Å². The maximum atomic E-state index is 12.3. The molecular weight excluding hydrogens is 330 g/mol. The molecule has 0 aliphatic carbocycles. The van der Waals surface area contributed by atoms with E-state index in [-0.39, 0.29) is 11.3 Å². The Labute approximate surface area is 151 Å². The van der Waals surface area contributed by atoms with Crippen molar-refractivity contribution < 1.29 is 19.4 Å². The number of fused-ring (bicyclic) bond motifs is 1. The Balaban J connectivity index is 1.65. The molecule has 0 aliphatic rings. The van der Waals surface area contributed by atoms with Crippen LogP contribution in [0.4, 0.5) is 0 Å². The van der Waals surface area contributed by atoms with Gasteiger partial charge in [0, 0.05) is 6.54 Å². The molecule has 0 radical (unpaired) electrons. The van der Waals surface area contributed by atoms with Crippen LogP contribution in [0.5, 0.6) is 5.75 Å². The Bertz CT molecular complexity index is 937. The molecule has 1 amide bonds. The highest BCUT2D eigenvalue weighted by Crippen LogP contribution is 2.25. The van der Waals surface area contributed by atoms with Gasteiger partial charge in [0.25, 0.3) is 5.91 Å². The van der Waals surface area contributed by atoms with Crippen molar-refractivity contribution in [3.8, 4) is 5.75 Å². The fourth-order valence-electron chi connectivity index (χ4n) is 2.60. The number of phenols is 1. The lowest BCUT2D eigenvalue weighted by Gasteiger charge is -2.14. The highest BCUT2D eigenvalue weighted by molar-refractivity contribution is 5.99. The fraction of sp³-hybridized carbons (Fsp3) is 0.143. The zero-order chi connectivity index (χ0) is 18.5. The minimum absolute atomic E-state index is 0.0337. The molecule has 0 bridgehead atoms. The first-order chi connectivity index (χ1) is 12.5. The lowest BCUT2D eigenvalue weighted by molar-refractivity contribution is -0.129. The number of carbonyl (C=O) groups excluding carboxylic acids is 2. The van der Waals surface area contributed by atoms with Crippen LogP contribution in [-0.2, 0) is 16.1 Å². The van der Waals surface area contributed by atoms with Gasteiger partial charge in [0.05, 0.1) is 0 Å². The molecule has 3 aromatic carbocycles. The number of aromatic hydroxyl groups is 1. The van der Waals surface area contributed by atoms with Crippen molar-refractivity contribution in [2.24, 2.45) is 0 Å². The summed E-state index contributed by atoms with van der Waals surface area (Å²) in [6, 6.07) is 19.9. The summed E-state index contributed by atoms with van der Waals surface area (Å²) in [4.78, 5) is 24.5. The van der Waals surface area contributed by atoms with E-state index in [1.54, 1.807) is 6.07 Å². The van der Waals surface area contributed by atoms with Crippen LogP contribution in [0.3, 0.4) is 0 Å². The molecule has 0 heterocycles. The predicted molar refractivity (Wildman–Crippen MR) is 98.8 cm³/mol. The van der Waals surface area contributed by atoms with Crippen molar-refractivity contribution in [1.82, 2.24) is 5.32 Å². The van der Waals surface area contributed by atoms with Crippen LogP contribution in [0.2, 0.25) is 0 Å². The summed E-state index contributed by atoms with van der Waals surface area (Å²) in [7, 11) is 0. The standard InChI is InChI=1S/C21H19NO4/c1-14(20(24)22-13-15-7-3-2-4-8-15)26-21(25)18-11-16-9-5-6-10-17(16)12-19(18)23/h2-12,14,23H,13H2,1H3,(H,22,24). The molecule has 5 nitrogen and oxygen atoms in total. The SMILES string of the molecule is CC(OC(=O)c1cc2ccccc2cc1O)C(=O)NCc1ccccc1. The van der Waals surface area contributed by atoms with E-state index in [1.165, 1.54) is 13.0 Å². The third-order valence-electron chi connectivity index (χ3n) is 4.05. The number of phenolic OH excluding ortho intramolecular Hbond substituents is 1. The van der Waals surface area contributed by atoms with Crippen molar-refractivity contribution in [1.29, 1.82) is 0 Å². The topological polar surface area (TPSA) is 75.6 Å². The molecule has 2 N–H and O–H groups in total. The highest BCUT2D eigenvalue weighted by atomic mass is 16.5. The summed E-state index contributed by atoms with van der Waals surface area (Å²) >= 11 is 0. The molecule has 0 saturated carbocycles. The molecule has 132 valence electrons. The maximum absolute atomic E-state index is 12.3. The zero-order valence-electron chi connectivity index (χ0n) is 14.3. The summed E-state index contributed by atoms with van der Waals surface area (Å²) in [5.41, 5.74) is 0.984. The second-order valence-electron chi connectivity index (χ2n) is 5.97. The largest absolute Gasteiger partial charge is 0.507 e. The molecular formula is C21H19NO4. The van der Waals surface area contributed by atoms with Crippen LogP contribution in [0.1, 0.15) is 22.8 Å². The number of ether oxygens (including phenoxy) is 1. The van der Waals surface area contributed by atoms with Crippen molar-refractivity contribution >= 4 is 22.6 Å². The number of hydrogen-bond acceptors (Lipinski definition) is 4. The average molecular weight is 349 g/mol. The molecule has 0 fully saturated rings. The maximum Gasteiger partial charge on any atom is 0.342 e. The monoisotopic (exact) mass is 349 g/mol. The van der Waals surface area contributed by atoms with Gasteiger partial charge < -0.3 is 15.2 Å². The molecule has 1 unspecified atom stereocenters. The quantitative estimate of drug-likeness (QED) is 0.692. The molecule has 5 heteroatoms. The molecule has 3 aromatic rings. The second kappa shape index (κ2) is 7.70. The van der Waals surface area contributed by atoms with Crippen LogP contribution >= 0.6 is 0 Å². The van der Waals surface area contributed by atoms with Crippen LogP contribution in [0.25, 0.3) is 10.8 Å². The van der Waals surface area contributed by atoms with Gasteiger partial charge in [0.15, 0.2) is 6.10 Å². The molecule has 26 heavy (non-hydrogen) atoms. The van der Waals surface area contributed by atoms with Crippen molar-refractivity contribution in [3.63, 3.8) is 0 Å². The molecule has 3 rings (SSSR count). The van der Waals surface area contributed by atoms with E-state index in [1.807, 2.05) is 54.6 Å². The first-order valence-electron chi connectivity index (χ1n) is 8.29. The Kier molecular flexibility index (Phi) is 5.17. The summed E-state index contributed by atoms with van der Waals surface area (Å²) in [6.45, 7) is 1.85. The lowest BCUT2D eigenvalue weighted by Crippen LogP contribution is -2.35. The normalized spacial score (nSPS) is 11.7. The number of benzene rings is 3. The van der Waals surface area contributed by atoms with Gasteiger partial charge in [-0.2, -0.15) is 0 Å². The van der Waals surface area contributed by atoms with Crippen molar-refractivity contribution in [3.05, 3.63) is 77.9 Å². The van der Waals surface area contributed by atoms with Crippen molar-refractivity contribution in [2.45, 2.75) is 19.6 Å². The van der Waals surface area contributed by atoms with E-state index < -0.39 is 18.0 Å². The lowest BCUT2D eigenvalue weighted by atomic mass is 10.1. The van der Waals surface area contributed by atoms with Gasteiger partial charge in [-0.25, -0.2) is 4.79 Å². The van der Waals surface area contributed by atoms with E-state index in [0.717, 1.165) is 16.3 Å². The number of nitrogens with one attached hydrogen (secondary N) is 1. The number of hydrogen-bond donors (Lipinski definition) is 2. The minimum Gasteiger partial charge on any atom is -0.507 e. The predicted octanol–water partition coefficient (Wildman–Crippen LogP) is 3.41. The summed E-state index contributed by atoms with van der Waals surface area (Å²) in [5, 5.41) is 14.4. The number of esters is 1. The zero-order valence-corrected chi connectivity index (χ0v) is 14.3. The third-order valence-corrected chi connectivity index (χ3v) is 4.05.